The van der Waals surface area contributed by atoms with Crippen LogP contribution in [-0.4, -0.2) is 39.3 Å². The van der Waals surface area contributed by atoms with Crippen LogP contribution in [0.15, 0.2) is 0 Å². The van der Waals surface area contributed by atoms with E-state index in [0.717, 1.165) is 6.42 Å². The zero-order chi connectivity index (χ0) is 10.1. The average Bonchev–Trinajstić information content (AvgIpc) is 2.71. The molecule has 2 heterocycles. The van der Waals surface area contributed by atoms with Crippen molar-refractivity contribution in [2.24, 2.45) is 0 Å². The van der Waals surface area contributed by atoms with Crippen molar-refractivity contribution in [1.29, 1.82) is 0 Å². The second kappa shape index (κ2) is 3.38. The quantitative estimate of drug-likeness (QED) is 0.735. The van der Waals surface area contributed by atoms with Gasteiger partial charge >= 0.3 is 5.97 Å². The van der Waals surface area contributed by atoms with Gasteiger partial charge < -0.3 is 9.84 Å². The van der Waals surface area contributed by atoms with Crippen molar-refractivity contribution in [1.82, 2.24) is 15.0 Å². The molecule has 2 rings (SSSR count). The Morgan fingerprint density at radius 2 is 2.50 bits per heavy atom. The second-order valence-electron chi connectivity index (χ2n) is 3.29. The first-order chi connectivity index (χ1) is 6.70. The zero-order valence-electron chi connectivity index (χ0n) is 7.80. The number of ether oxygens (including phenoxy) is 1. The number of aromatic nitrogens is 3. The maximum Gasteiger partial charge on any atom is 0.358 e. The third kappa shape index (κ3) is 1.37. The van der Waals surface area contributed by atoms with E-state index in [9.17, 15) is 4.79 Å². The molecule has 0 bridgehead atoms. The fourth-order valence-electron chi connectivity index (χ4n) is 1.60. The van der Waals surface area contributed by atoms with Crippen molar-refractivity contribution < 1.29 is 14.6 Å². The summed E-state index contributed by atoms with van der Waals surface area (Å²) in [7, 11) is 0. The van der Waals surface area contributed by atoms with Gasteiger partial charge in [-0.25, -0.2) is 9.48 Å². The highest BCUT2D eigenvalue weighted by Crippen LogP contribution is 2.20. The Morgan fingerprint density at radius 1 is 1.71 bits per heavy atom. The number of hydrogen-bond acceptors (Lipinski definition) is 4. The molecule has 1 aromatic rings. The molecule has 0 spiro atoms. The largest absolute Gasteiger partial charge is 0.476 e. The Balaban J connectivity index is 2.30. The lowest BCUT2D eigenvalue weighted by Gasteiger charge is -2.08. The van der Waals surface area contributed by atoms with E-state index in [0.29, 0.717) is 18.9 Å². The van der Waals surface area contributed by atoms with Crippen molar-refractivity contribution in [3.63, 3.8) is 0 Å². The fourth-order valence-corrected chi connectivity index (χ4v) is 1.60. The maximum absolute atomic E-state index is 10.7. The SMILES string of the molecule is Cc1c(C(=O)O)nnn1C1CCOC1. The Morgan fingerprint density at radius 3 is 3.00 bits per heavy atom. The van der Waals surface area contributed by atoms with Crippen LogP contribution in [0, 0.1) is 6.92 Å². The van der Waals surface area contributed by atoms with E-state index in [1.807, 2.05) is 0 Å². The molecule has 0 amide bonds. The van der Waals surface area contributed by atoms with Crippen LogP contribution in [0.2, 0.25) is 0 Å². The van der Waals surface area contributed by atoms with Gasteiger partial charge in [-0.3, -0.25) is 0 Å². The lowest BCUT2D eigenvalue weighted by atomic mass is 10.2. The number of carboxylic acids is 1. The first-order valence-electron chi connectivity index (χ1n) is 4.43. The van der Waals surface area contributed by atoms with Gasteiger partial charge in [0.15, 0.2) is 5.69 Å². The summed E-state index contributed by atoms with van der Waals surface area (Å²) < 4.78 is 6.84. The molecule has 1 aromatic heterocycles. The molecule has 0 radical (unpaired) electrons. The minimum atomic E-state index is -1.03. The Bertz CT molecular complexity index is 355. The van der Waals surface area contributed by atoms with Gasteiger partial charge in [-0.05, 0) is 13.3 Å². The van der Waals surface area contributed by atoms with E-state index in [2.05, 4.69) is 10.3 Å². The summed E-state index contributed by atoms with van der Waals surface area (Å²) >= 11 is 0. The number of aromatic carboxylic acids is 1. The van der Waals surface area contributed by atoms with Crippen molar-refractivity contribution >= 4 is 5.97 Å². The molecule has 76 valence electrons. The van der Waals surface area contributed by atoms with Gasteiger partial charge in [-0.1, -0.05) is 5.21 Å². The van der Waals surface area contributed by atoms with Crippen molar-refractivity contribution in [3.05, 3.63) is 11.4 Å². The van der Waals surface area contributed by atoms with Gasteiger partial charge in [0, 0.05) is 6.61 Å². The Hall–Kier alpha value is -1.43. The predicted octanol–water partition coefficient (Wildman–Crippen LogP) is 0.246. The molecule has 1 aliphatic heterocycles. The molecule has 1 saturated heterocycles. The molecule has 1 atom stereocenters. The van der Waals surface area contributed by atoms with Crippen LogP contribution >= 0.6 is 0 Å². The predicted molar refractivity (Wildman–Crippen MR) is 46.2 cm³/mol. The first-order valence-corrected chi connectivity index (χ1v) is 4.43. The van der Waals surface area contributed by atoms with Crippen LogP contribution in [0.4, 0.5) is 0 Å². The number of nitrogens with zero attached hydrogens (tertiary/aromatic N) is 3. The van der Waals surface area contributed by atoms with Crippen LogP contribution in [0.3, 0.4) is 0 Å². The fraction of sp³-hybridized carbons (Fsp3) is 0.625. The van der Waals surface area contributed by atoms with Gasteiger partial charge in [-0.2, -0.15) is 0 Å². The number of carbonyl (C=O) groups is 1. The van der Waals surface area contributed by atoms with Crippen LogP contribution in [-0.2, 0) is 4.74 Å². The molecule has 0 aromatic carbocycles. The van der Waals surface area contributed by atoms with Gasteiger partial charge in [0.1, 0.15) is 0 Å². The highest BCUT2D eigenvalue weighted by molar-refractivity contribution is 5.86. The molecule has 14 heavy (non-hydrogen) atoms. The smallest absolute Gasteiger partial charge is 0.358 e. The van der Waals surface area contributed by atoms with E-state index < -0.39 is 5.97 Å². The molecule has 0 saturated carbocycles. The van der Waals surface area contributed by atoms with Crippen LogP contribution in [0.1, 0.15) is 28.6 Å². The van der Waals surface area contributed by atoms with Gasteiger partial charge in [0.2, 0.25) is 0 Å². The van der Waals surface area contributed by atoms with Crippen LogP contribution in [0.25, 0.3) is 0 Å². The standard InChI is InChI=1S/C8H11N3O3/c1-5-7(8(12)13)9-10-11(5)6-2-3-14-4-6/h6H,2-4H2,1H3,(H,12,13). The van der Waals surface area contributed by atoms with Crippen molar-refractivity contribution in [2.45, 2.75) is 19.4 Å². The number of carboxylic acid groups (broad SMARTS) is 1. The maximum atomic E-state index is 10.7. The summed E-state index contributed by atoms with van der Waals surface area (Å²) in [5.74, 6) is -1.03. The van der Waals surface area contributed by atoms with E-state index in [-0.39, 0.29) is 11.7 Å². The highest BCUT2D eigenvalue weighted by atomic mass is 16.5. The van der Waals surface area contributed by atoms with E-state index >= 15 is 0 Å². The summed E-state index contributed by atoms with van der Waals surface area (Å²) in [6.07, 6.45) is 0.864. The molecule has 1 fully saturated rings. The summed E-state index contributed by atoms with van der Waals surface area (Å²) in [4.78, 5) is 10.7. The first kappa shape index (κ1) is 9.14. The van der Waals surface area contributed by atoms with Crippen LogP contribution in [0.5, 0.6) is 0 Å². The topological polar surface area (TPSA) is 77.2 Å². The summed E-state index contributed by atoms with van der Waals surface area (Å²) in [6, 6.07) is 0.135. The minimum Gasteiger partial charge on any atom is -0.476 e. The zero-order valence-corrected chi connectivity index (χ0v) is 7.80. The third-order valence-corrected chi connectivity index (χ3v) is 2.38. The average molecular weight is 197 g/mol. The Kier molecular flexibility index (Phi) is 2.20. The summed E-state index contributed by atoms with van der Waals surface area (Å²) in [5, 5.41) is 16.2. The lowest BCUT2D eigenvalue weighted by molar-refractivity contribution is 0.0689. The second-order valence-corrected chi connectivity index (χ2v) is 3.29. The molecule has 0 aliphatic carbocycles. The summed E-state index contributed by atoms with van der Waals surface area (Å²) in [5.41, 5.74) is 0.616. The molecule has 6 nitrogen and oxygen atoms in total. The molecular formula is C8H11N3O3. The van der Waals surface area contributed by atoms with E-state index in [1.165, 1.54) is 0 Å². The molecule has 1 N–H and O–H groups in total. The van der Waals surface area contributed by atoms with Crippen LogP contribution < -0.4 is 0 Å². The third-order valence-electron chi connectivity index (χ3n) is 2.38. The molecule has 6 heteroatoms. The van der Waals surface area contributed by atoms with Crippen molar-refractivity contribution in [2.75, 3.05) is 13.2 Å². The van der Waals surface area contributed by atoms with E-state index in [4.69, 9.17) is 9.84 Å². The van der Waals surface area contributed by atoms with Crippen molar-refractivity contribution in [3.8, 4) is 0 Å². The van der Waals surface area contributed by atoms with Gasteiger partial charge in [-0.15, -0.1) is 5.10 Å². The monoisotopic (exact) mass is 197 g/mol. The van der Waals surface area contributed by atoms with E-state index in [1.54, 1.807) is 11.6 Å². The highest BCUT2D eigenvalue weighted by Gasteiger charge is 2.23. The molecule has 1 unspecified atom stereocenters. The van der Waals surface area contributed by atoms with Gasteiger partial charge in [0.05, 0.1) is 18.3 Å². The normalized spacial score (nSPS) is 21.4. The van der Waals surface area contributed by atoms with Gasteiger partial charge in [0.25, 0.3) is 0 Å². The lowest BCUT2D eigenvalue weighted by Crippen LogP contribution is -2.12. The Labute approximate surface area is 80.5 Å². The molecular weight excluding hydrogens is 186 g/mol. The summed E-state index contributed by atoms with van der Waals surface area (Å²) in [6.45, 7) is 3.00. The number of rotatable bonds is 2. The molecule has 1 aliphatic rings. The minimum absolute atomic E-state index is 0.0249. The number of hydrogen-bond donors (Lipinski definition) is 1.